The number of phenolic OH excluding ortho intramolecular Hbond substituents is 2. The van der Waals surface area contributed by atoms with Crippen molar-refractivity contribution in [1.82, 2.24) is 9.47 Å². The largest absolute Gasteiger partial charge is 0.508 e. The fourth-order valence-corrected chi connectivity index (χ4v) is 3.83. The molecule has 0 radical (unpaired) electrons. The van der Waals surface area contributed by atoms with E-state index in [-0.39, 0.29) is 17.4 Å². The summed E-state index contributed by atoms with van der Waals surface area (Å²) in [6.45, 7) is 11.0. The summed E-state index contributed by atoms with van der Waals surface area (Å²) in [7, 11) is 0. The molecule has 0 aliphatic heterocycles. The van der Waals surface area contributed by atoms with E-state index >= 15 is 0 Å². The van der Waals surface area contributed by atoms with E-state index in [1.807, 2.05) is 38.1 Å². The smallest absolute Gasteiger partial charge is 0.265 e. The van der Waals surface area contributed by atoms with E-state index in [4.69, 9.17) is 5.73 Å². The van der Waals surface area contributed by atoms with Gasteiger partial charge in [0, 0.05) is 23.9 Å². The van der Waals surface area contributed by atoms with E-state index in [9.17, 15) is 15.0 Å². The second kappa shape index (κ2) is 9.27. The van der Waals surface area contributed by atoms with Crippen LogP contribution in [-0.4, -0.2) is 38.7 Å². The van der Waals surface area contributed by atoms with Crippen LogP contribution in [-0.2, 0) is 6.54 Å². The van der Waals surface area contributed by atoms with E-state index in [2.05, 4.69) is 18.7 Å². The van der Waals surface area contributed by atoms with Crippen LogP contribution in [0.5, 0.6) is 11.5 Å². The molecule has 0 bridgehead atoms. The highest BCUT2D eigenvalue weighted by molar-refractivity contribution is 5.93. The molecule has 0 aliphatic carbocycles. The molecule has 31 heavy (non-hydrogen) atoms. The zero-order valence-electron chi connectivity index (χ0n) is 18.6. The van der Waals surface area contributed by atoms with E-state index in [0.717, 1.165) is 30.9 Å². The van der Waals surface area contributed by atoms with Gasteiger partial charge in [0.05, 0.1) is 5.69 Å². The molecule has 3 rings (SSSR count). The maximum Gasteiger partial charge on any atom is 0.265 e. The van der Waals surface area contributed by atoms with Crippen molar-refractivity contribution >= 4 is 5.91 Å². The van der Waals surface area contributed by atoms with Crippen LogP contribution < -0.4 is 5.73 Å². The Hall–Kier alpha value is -3.25. The second-order valence-electron chi connectivity index (χ2n) is 8.01. The minimum atomic E-state index is -0.555. The molecule has 4 N–H and O–H groups in total. The van der Waals surface area contributed by atoms with Crippen LogP contribution in [0, 0.1) is 0 Å². The average Bonchev–Trinajstić information content (AvgIpc) is 3.17. The van der Waals surface area contributed by atoms with Gasteiger partial charge >= 0.3 is 0 Å². The Labute approximate surface area is 183 Å². The number of phenols is 2. The molecule has 0 saturated carbocycles. The zero-order chi connectivity index (χ0) is 22.7. The maximum atomic E-state index is 12.1. The highest BCUT2D eigenvalue weighted by Gasteiger charge is 2.20. The van der Waals surface area contributed by atoms with Crippen molar-refractivity contribution in [3.63, 3.8) is 0 Å². The minimum absolute atomic E-state index is 0.0465. The van der Waals surface area contributed by atoms with Gasteiger partial charge in [0.15, 0.2) is 0 Å². The van der Waals surface area contributed by atoms with Crippen LogP contribution in [0.15, 0.2) is 48.5 Å². The summed E-state index contributed by atoms with van der Waals surface area (Å²) < 4.78 is 1.75. The number of aromatic hydroxyl groups is 2. The van der Waals surface area contributed by atoms with E-state index in [0.29, 0.717) is 17.0 Å². The molecular formula is C25H31N3O3. The van der Waals surface area contributed by atoms with Crippen molar-refractivity contribution in [1.29, 1.82) is 0 Å². The molecule has 0 unspecified atom stereocenters. The summed E-state index contributed by atoms with van der Waals surface area (Å²) >= 11 is 0. The normalized spacial score (nSPS) is 11.4. The number of rotatable bonds is 8. The van der Waals surface area contributed by atoms with Gasteiger partial charge in [-0.25, -0.2) is 0 Å². The standard InChI is InChI=1S/C25H31N3O3/c1-5-27(6-2)15-17-7-9-18(10-8-17)28-21(11-12-22(28)25(26)31)20-13-19(16(3)4)23(29)14-24(20)30/h7-14,16,29-30H,5-6,15H2,1-4H3,(H2,26,31). The van der Waals surface area contributed by atoms with Crippen LogP contribution in [0.2, 0.25) is 0 Å². The number of aromatic nitrogens is 1. The zero-order valence-corrected chi connectivity index (χ0v) is 18.6. The summed E-state index contributed by atoms with van der Waals surface area (Å²) in [4.78, 5) is 14.5. The van der Waals surface area contributed by atoms with E-state index in [1.54, 1.807) is 22.8 Å². The number of carbonyl (C=O) groups is 1. The lowest BCUT2D eigenvalue weighted by Gasteiger charge is -2.19. The third kappa shape index (κ3) is 4.59. The topological polar surface area (TPSA) is 91.7 Å². The van der Waals surface area contributed by atoms with Gasteiger partial charge in [-0.2, -0.15) is 0 Å². The molecule has 164 valence electrons. The maximum absolute atomic E-state index is 12.1. The average molecular weight is 422 g/mol. The number of primary amides is 1. The SMILES string of the molecule is CCN(CC)Cc1ccc(-n2c(C(N)=O)ccc2-c2cc(C(C)C)c(O)cc2O)cc1. The monoisotopic (exact) mass is 421 g/mol. The molecule has 0 aliphatic rings. The number of benzene rings is 2. The van der Waals surface area contributed by atoms with Crippen molar-refractivity contribution in [3.8, 4) is 28.4 Å². The van der Waals surface area contributed by atoms with Gasteiger partial charge in [0.25, 0.3) is 5.91 Å². The fourth-order valence-electron chi connectivity index (χ4n) is 3.83. The van der Waals surface area contributed by atoms with Crippen molar-refractivity contribution in [2.24, 2.45) is 5.73 Å². The lowest BCUT2D eigenvalue weighted by molar-refractivity contribution is 0.0994. The quantitative estimate of drug-likeness (QED) is 0.495. The van der Waals surface area contributed by atoms with Crippen molar-refractivity contribution in [2.45, 2.75) is 40.2 Å². The van der Waals surface area contributed by atoms with Gasteiger partial charge in [-0.05, 0) is 60.5 Å². The van der Waals surface area contributed by atoms with Crippen molar-refractivity contribution < 1.29 is 15.0 Å². The second-order valence-corrected chi connectivity index (χ2v) is 8.01. The molecule has 0 saturated heterocycles. The Balaban J connectivity index is 2.11. The predicted molar refractivity (Wildman–Crippen MR) is 124 cm³/mol. The minimum Gasteiger partial charge on any atom is -0.508 e. The number of amides is 1. The van der Waals surface area contributed by atoms with Crippen LogP contribution in [0.25, 0.3) is 16.9 Å². The Kier molecular flexibility index (Phi) is 6.71. The number of hydrogen-bond donors (Lipinski definition) is 3. The molecule has 1 heterocycles. The number of carbonyl (C=O) groups excluding carboxylic acids is 1. The van der Waals surface area contributed by atoms with Gasteiger partial charge in [0.2, 0.25) is 0 Å². The Bertz CT molecular complexity index is 1060. The first kappa shape index (κ1) is 22.4. The first-order valence-electron chi connectivity index (χ1n) is 10.7. The molecule has 6 heteroatoms. The molecule has 0 spiro atoms. The number of hydrogen-bond acceptors (Lipinski definition) is 4. The van der Waals surface area contributed by atoms with Gasteiger partial charge in [-0.3, -0.25) is 9.69 Å². The summed E-state index contributed by atoms with van der Waals surface area (Å²) in [6.07, 6.45) is 0. The van der Waals surface area contributed by atoms with Gasteiger partial charge in [0.1, 0.15) is 17.2 Å². The molecule has 1 aromatic heterocycles. The van der Waals surface area contributed by atoms with Crippen LogP contribution in [0.4, 0.5) is 0 Å². The Morgan fingerprint density at radius 2 is 1.65 bits per heavy atom. The fraction of sp³-hybridized carbons (Fsp3) is 0.320. The van der Waals surface area contributed by atoms with Crippen molar-refractivity contribution in [2.75, 3.05) is 13.1 Å². The van der Waals surface area contributed by atoms with Gasteiger partial charge in [-0.15, -0.1) is 0 Å². The summed E-state index contributed by atoms with van der Waals surface area (Å²) in [5, 5.41) is 20.8. The molecule has 0 atom stereocenters. The lowest BCUT2D eigenvalue weighted by atomic mass is 9.97. The Morgan fingerprint density at radius 1 is 1.00 bits per heavy atom. The van der Waals surface area contributed by atoms with Crippen LogP contribution in [0.1, 0.15) is 55.2 Å². The third-order valence-corrected chi connectivity index (χ3v) is 5.67. The molecule has 1 amide bonds. The molecule has 3 aromatic rings. The first-order valence-corrected chi connectivity index (χ1v) is 10.7. The third-order valence-electron chi connectivity index (χ3n) is 5.67. The molecule has 2 aromatic carbocycles. The van der Waals surface area contributed by atoms with Crippen molar-refractivity contribution in [3.05, 3.63) is 65.4 Å². The molecular weight excluding hydrogens is 390 g/mol. The number of nitrogens with two attached hydrogens (primary N) is 1. The lowest BCUT2D eigenvalue weighted by Crippen LogP contribution is -2.22. The van der Waals surface area contributed by atoms with Gasteiger partial charge < -0.3 is 20.5 Å². The van der Waals surface area contributed by atoms with Crippen LogP contribution >= 0.6 is 0 Å². The summed E-state index contributed by atoms with van der Waals surface area (Å²) in [5.41, 5.74) is 9.80. The molecule has 0 fully saturated rings. The summed E-state index contributed by atoms with van der Waals surface area (Å²) in [5.74, 6) is -0.501. The highest BCUT2D eigenvalue weighted by atomic mass is 16.3. The molecule has 6 nitrogen and oxygen atoms in total. The van der Waals surface area contributed by atoms with Gasteiger partial charge in [-0.1, -0.05) is 39.8 Å². The highest BCUT2D eigenvalue weighted by Crippen LogP contribution is 2.39. The Morgan fingerprint density at radius 3 is 2.19 bits per heavy atom. The van der Waals surface area contributed by atoms with E-state index in [1.165, 1.54) is 11.6 Å². The summed E-state index contributed by atoms with van der Waals surface area (Å²) in [6, 6.07) is 14.5. The van der Waals surface area contributed by atoms with Crippen LogP contribution in [0.3, 0.4) is 0 Å². The number of nitrogens with zero attached hydrogens (tertiary/aromatic N) is 2. The predicted octanol–water partition coefficient (Wildman–Crippen LogP) is 4.62. The van der Waals surface area contributed by atoms with E-state index < -0.39 is 5.91 Å². The first-order chi connectivity index (χ1) is 14.8.